The monoisotopic (exact) mass is 345 g/mol. The maximum absolute atomic E-state index is 9.85. The molecule has 2 aromatic rings. The minimum atomic E-state index is -0.567. The van der Waals surface area contributed by atoms with Gasteiger partial charge >= 0.3 is 0 Å². The zero-order valence-electron chi connectivity index (χ0n) is 11.4. The molecule has 1 aromatic carbocycles. The van der Waals surface area contributed by atoms with Gasteiger partial charge in [-0.2, -0.15) is 0 Å². The van der Waals surface area contributed by atoms with E-state index in [0.29, 0.717) is 22.3 Å². The first kappa shape index (κ1) is 16.6. The van der Waals surface area contributed by atoms with Crippen molar-refractivity contribution in [2.75, 3.05) is 19.7 Å². The highest BCUT2D eigenvalue weighted by molar-refractivity contribution is 7.09. The zero-order chi connectivity index (χ0) is 15.1. The van der Waals surface area contributed by atoms with Gasteiger partial charge in [-0.3, -0.25) is 0 Å². The van der Waals surface area contributed by atoms with Crippen LogP contribution in [-0.4, -0.2) is 30.9 Å². The van der Waals surface area contributed by atoms with Crippen molar-refractivity contribution in [1.29, 1.82) is 0 Å². The molecule has 114 valence electrons. The summed E-state index contributed by atoms with van der Waals surface area (Å²) >= 11 is 13.5. The molecule has 0 saturated heterocycles. The Hall–Kier alpha value is -0.780. The molecular weight excluding hydrogens is 329 g/mol. The van der Waals surface area contributed by atoms with Crippen LogP contribution in [0.1, 0.15) is 4.88 Å². The lowest BCUT2D eigenvalue weighted by Gasteiger charge is -2.13. The molecule has 6 heteroatoms. The molecule has 0 bridgehead atoms. The van der Waals surface area contributed by atoms with Crippen molar-refractivity contribution >= 4 is 34.5 Å². The lowest BCUT2D eigenvalue weighted by Crippen LogP contribution is -2.32. The molecule has 0 amide bonds. The topological polar surface area (TPSA) is 41.5 Å². The van der Waals surface area contributed by atoms with Gasteiger partial charge in [0.2, 0.25) is 0 Å². The van der Waals surface area contributed by atoms with Crippen LogP contribution in [0.15, 0.2) is 35.7 Å². The molecular formula is C15H17Cl2NO2S. The number of rotatable bonds is 8. The average Bonchev–Trinajstić information content (AvgIpc) is 2.98. The molecule has 0 radical (unpaired) electrons. The molecule has 0 aliphatic carbocycles. The predicted octanol–water partition coefficient (Wildman–Crippen LogP) is 3.63. The summed E-state index contributed by atoms with van der Waals surface area (Å²) in [6, 6.07) is 9.19. The van der Waals surface area contributed by atoms with Gasteiger partial charge in [-0.05, 0) is 30.0 Å². The normalized spacial score (nSPS) is 12.3. The van der Waals surface area contributed by atoms with E-state index in [-0.39, 0.29) is 6.61 Å². The maximum atomic E-state index is 9.85. The van der Waals surface area contributed by atoms with E-state index in [4.69, 9.17) is 27.9 Å². The average molecular weight is 346 g/mol. The van der Waals surface area contributed by atoms with Crippen molar-refractivity contribution in [2.45, 2.75) is 12.5 Å². The number of nitrogens with one attached hydrogen (secondary N) is 1. The van der Waals surface area contributed by atoms with Crippen molar-refractivity contribution < 1.29 is 9.84 Å². The van der Waals surface area contributed by atoms with E-state index < -0.39 is 6.10 Å². The van der Waals surface area contributed by atoms with Crippen LogP contribution in [-0.2, 0) is 6.42 Å². The fourth-order valence-corrected chi connectivity index (χ4v) is 2.75. The van der Waals surface area contributed by atoms with Crippen molar-refractivity contribution in [3.63, 3.8) is 0 Å². The van der Waals surface area contributed by atoms with E-state index >= 15 is 0 Å². The Morgan fingerprint density at radius 1 is 1.24 bits per heavy atom. The first-order valence-corrected chi connectivity index (χ1v) is 8.27. The molecule has 2 N–H and O–H groups in total. The number of hydrogen-bond acceptors (Lipinski definition) is 4. The summed E-state index contributed by atoms with van der Waals surface area (Å²) in [6.45, 7) is 1.54. The second-order valence-electron chi connectivity index (χ2n) is 4.57. The molecule has 3 nitrogen and oxygen atoms in total. The summed E-state index contributed by atoms with van der Waals surface area (Å²) in [5, 5.41) is 16.1. The number of benzene rings is 1. The van der Waals surface area contributed by atoms with Crippen molar-refractivity contribution in [3.05, 3.63) is 50.6 Å². The second kappa shape index (κ2) is 8.61. The standard InChI is InChI=1S/C15H17Cl2NO2S/c16-14-4-3-12(8-15(14)17)20-10-11(19)9-18-6-5-13-2-1-7-21-13/h1-4,7-8,11,18-19H,5-6,9-10H2. The smallest absolute Gasteiger partial charge is 0.121 e. The molecule has 1 unspecified atom stereocenters. The number of ether oxygens (including phenoxy) is 1. The maximum Gasteiger partial charge on any atom is 0.121 e. The number of hydrogen-bond donors (Lipinski definition) is 2. The first-order chi connectivity index (χ1) is 10.1. The Morgan fingerprint density at radius 2 is 2.10 bits per heavy atom. The van der Waals surface area contributed by atoms with Gasteiger partial charge in [0.25, 0.3) is 0 Å². The van der Waals surface area contributed by atoms with Crippen LogP contribution in [0.4, 0.5) is 0 Å². The van der Waals surface area contributed by atoms with Gasteiger partial charge < -0.3 is 15.2 Å². The number of aliphatic hydroxyl groups excluding tert-OH is 1. The third-order valence-corrected chi connectivity index (χ3v) is 4.52. The molecule has 1 aromatic heterocycles. The van der Waals surface area contributed by atoms with E-state index in [0.717, 1.165) is 13.0 Å². The van der Waals surface area contributed by atoms with Gasteiger partial charge in [0.1, 0.15) is 18.5 Å². The molecule has 0 saturated carbocycles. The van der Waals surface area contributed by atoms with Crippen molar-refractivity contribution in [3.8, 4) is 5.75 Å². The van der Waals surface area contributed by atoms with Crippen LogP contribution in [0.25, 0.3) is 0 Å². The van der Waals surface area contributed by atoms with E-state index in [2.05, 4.69) is 16.8 Å². The Kier molecular flexibility index (Phi) is 6.80. The lowest BCUT2D eigenvalue weighted by molar-refractivity contribution is 0.106. The summed E-state index contributed by atoms with van der Waals surface area (Å²) in [6.07, 6.45) is 0.403. The SMILES string of the molecule is OC(CNCCc1cccs1)COc1ccc(Cl)c(Cl)c1. The van der Waals surface area contributed by atoms with Crippen LogP contribution in [0, 0.1) is 0 Å². The summed E-state index contributed by atoms with van der Waals surface area (Å²) in [5.74, 6) is 0.599. The first-order valence-electron chi connectivity index (χ1n) is 6.64. The molecule has 0 aliphatic rings. The lowest BCUT2D eigenvalue weighted by atomic mass is 10.3. The van der Waals surface area contributed by atoms with E-state index in [1.165, 1.54) is 4.88 Å². The van der Waals surface area contributed by atoms with Gasteiger partial charge in [-0.1, -0.05) is 29.3 Å². The zero-order valence-corrected chi connectivity index (χ0v) is 13.7. The highest BCUT2D eigenvalue weighted by atomic mass is 35.5. The fourth-order valence-electron chi connectivity index (χ4n) is 1.75. The summed E-state index contributed by atoms with van der Waals surface area (Å²) in [7, 11) is 0. The van der Waals surface area contributed by atoms with Crippen molar-refractivity contribution in [1.82, 2.24) is 5.32 Å². The highest BCUT2D eigenvalue weighted by Crippen LogP contribution is 2.26. The van der Waals surface area contributed by atoms with Gasteiger partial charge in [-0.25, -0.2) is 0 Å². The molecule has 0 aliphatic heterocycles. The van der Waals surface area contributed by atoms with E-state index in [1.54, 1.807) is 29.5 Å². The minimum absolute atomic E-state index is 0.212. The number of halogens is 2. The van der Waals surface area contributed by atoms with Crippen molar-refractivity contribution in [2.24, 2.45) is 0 Å². The Labute approximate surface area is 138 Å². The van der Waals surface area contributed by atoms with Gasteiger partial charge in [0.15, 0.2) is 0 Å². The predicted molar refractivity (Wildman–Crippen MR) is 88.9 cm³/mol. The minimum Gasteiger partial charge on any atom is -0.491 e. The van der Waals surface area contributed by atoms with Crippen LogP contribution in [0.2, 0.25) is 10.0 Å². The van der Waals surface area contributed by atoms with Crippen LogP contribution >= 0.6 is 34.5 Å². The Morgan fingerprint density at radius 3 is 2.81 bits per heavy atom. The highest BCUT2D eigenvalue weighted by Gasteiger charge is 2.06. The van der Waals surface area contributed by atoms with Crippen LogP contribution < -0.4 is 10.1 Å². The number of thiophene rings is 1. The quantitative estimate of drug-likeness (QED) is 0.718. The molecule has 21 heavy (non-hydrogen) atoms. The number of aliphatic hydroxyl groups is 1. The third kappa shape index (κ3) is 5.85. The van der Waals surface area contributed by atoms with Crippen LogP contribution in [0.5, 0.6) is 5.75 Å². The summed E-state index contributed by atoms with van der Waals surface area (Å²) in [4.78, 5) is 1.34. The van der Waals surface area contributed by atoms with Gasteiger partial charge in [0, 0.05) is 24.0 Å². The fraction of sp³-hybridized carbons (Fsp3) is 0.333. The molecule has 0 fully saturated rings. The Balaban J connectivity index is 1.62. The molecule has 1 atom stereocenters. The second-order valence-corrected chi connectivity index (χ2v) is 6.42. The van der Waals surface area contributed by atoms with E-state index in [1.807, 2.05) is 6.07 Å². The molecule has 2 rings (SSSR count). The van der Waals surface area contributed by atoms with Gasteiger partial charge in [-0.15, -0.1) is 11.3 Å². The molecule has 0 spiro atoms. The van der Waals surface area contributed by atoms with E-state index in [9.17, 15) is 5.11 Å². The summed E-state index contributed by atoms with van der Waals surface area (Å²) in [5.41, 5.74) is 0. The third-order valence-electron chi connectivity index (χ3n) is 2.84. The Bertz CT molecular complexity index is 549. The van der Waals surface area contributed by atoms with Crippen LogP contribution in [0.3, 0.4) is 0 Å². The van der Waals surface area contributed by atoms with Gasteiger partial charge in [0.05, 0.1) is 10.0 Å². The molecule has 1 heterocycles. The largest absolute Gasteiger partial charge is 0.491 e. The summed E-state index contributed by atoms with van der Waals surface area (Å²) < 4.78 is 5.48.